The van der Waals surface area contributed by atoms with E-state index in [0.29, 0.717) is 11.5 Å². The molecule has 0 saturated carbocycles. The number of nitrogens with two attached hydrogens (primary N) is 1. The molecule has 0 aliphatic carbocycles. The van der Waals surface area contributed by atoms with Crippen molar-refractivity contribution in [2.75, 3.05) is 33.4 Å². The lowest BCUT2D eigenvalue weighted by atomic mass is 9.82. The number of nitrogens with zero attached hydrogens (tertiary/aromatic N) is 1. The molecule has 1 saturated heterocycles. The van der Waals surface area contributed by atoms with Crippen LogP contribution in [0.1, 0.15) is 46.0 Å². The van der Waals surface area contributed by atoms with E-state index in [1.807, 2.05) is 0 Å². The topological polar surface area (TPSA) is 38.5 Å². The summed E-state index contributed by atoms with van der Waals surface area (Å²) in [6.07, 6.45) is 6.24. The van der Waals surface area contributed by atoms with Crippen LogP contribution in [-0.4, -0.2) is 44.3 Å². The van der Waals surface area contributed by atoms with Gasteiger partial charge in [0.1, 0.15) is 0 Å². The molecule has 1 aliphatic heterocycles. The molecule has 1 fully saturated rings. The Labute approximate surface area is 107 Å². The van der Waals surface area contributed by atoms with Gasteiger partial charge in [-0.1, -0.05) is 13.8 Å². The van der Waals surface area contributed by atoms with E-state index in [2.05, 4.69) is 18.7 Å². The molecule has 17 heavy (non-hydrogen) atoms. The van der Waals surface area contributed by atoms with Crippen LogP contribution in [0.5, 0.6) is 0 Å². The lowest BCUT2D eigenvalue weighted by Crippen LogP contribution is -2.38. The summed E-state index contributed by atoms with van der Waals surface area (Å²) >= 11 is 0. The summed E-state index contributed by atoms with van der Waals surface area (Å²) in [4.78, 5) is 2.63. The molecule has 102 valence electrons. The minimum atomic E-state index is 0.564. The first-order chi connectivity index (χ1) is 8.21. The minimum absolute atomic E-state index is 0.564. The Bertz CT molecular complexity index is 204. The molecule has 2 N–H and O–H groups in total. The van der Waals surface area contributed by atoms with Crippen molar-refractivity contribution >= 4 is 0 Å². The SMILES string of the molecule is CCC1(CC)CCN(C(CCCN)COC)C1. The Morgan fingerprint density at radius 2 is 2.06 bits per heavy atom. The molecule has 1 heterocycles. The Morgan fingerprint density at radius 1 is 1.35 bits per heavy atom. The number of ether oxygens (including phenoxy) is 1. The summed E-state index contributed by atoms with van der Waals surface area (Å²) in [5.41, 5.74) is 6.18. The highest BCUT2D eigenvalue weighted by Gasteiger charge is 2.37. The first kappa shape index (κ1) is 14.9. The van der Waals surface area contributed by atoms with Crippen molar-refractivity contribution in [1.29, 1.82) is 0 Å². The van der Waals surface area contributed by atoms with Gasteiger partial charge < -0.3 is 10.5 Å². The van der Waals surface area contributed by atoms with Crippen LogP contribution in [0.4, 0.5) is 0 Å². The maximum Gasteiger partial charge on any atom is 0.0618 e. The second-order valence-electron chi connectivity index (χ2n) is 5.47. The van der Waals surface area contributed by atoms with Crippen LogP contribution in [0.25, 0.3) is 0 Å². The second-order valence-corrected chi connectivity index (χ2v) is 5.47. The third kappa shape index (κ3) is 3.94. The van der Waals surface area contributed by atoms with Crippen LogP contribution >= 0.6 is 0 Å². The number of methoxy groups -OCH3 is 1. The minimum Gasteiger partial charge on any atom is -0.383 e. The normalized spacial score (nSPS) is 21.9. The molecule has 3 nitrogen and oxygen atoms in total. The summed E-state index contributed by atoms with van der Waals surface area (Å²) in [5, 5.41) is 0. The van der Waals surface area contributed by atoms with Gasteiger partial charge in [-0.2, -0.15) is 0 Å². The van der Waals surface area contributed by atoms with Crippen LogP contribution in [0.3, 0.4) is 0 Å². The molecular weight excluding hydrogens is 212 g/mol. The summed E-state index contributed by atoms with van der Waals surface area (Å²) < 4.78 is 5.37. The average Bonchev–Trinajstić information content (AvgIpc) is 2.79. The third-order valence-electron chi connectivity index (χ3n) is 4.58. The van der Waals surface area contributed by atoms with Crippen molar-refractivity contribution in [2.24, 2.45) is 11.1 Å². The van der Waals surface area contributed by atoms with Crippen LogP contribution in [0.15, 0.2) is 0 Å². The third-order valence-corrected chi connectivity index (χ3v) is 4.58. The van der Waals surface area contributed by atoms with Crippen molar-refractivity contribution in [3.8, 4) is 0 Å². The maximum absolute atomic E-state index is 5.62. The monoisotopic (exact) mass is 242 g/mol. The van der Waals surface area contributed by atoms with Gasteiger partial charge in [0.2, 0.25) is 0 Å². The Kier molecular flexibility index (Phi) is 6.45. The van der Waals surface area contributed by atoms with Crippen LogP contribution < -0.4 is 5.73 Å². The van der Waals surface area contributed by atoms with Gasteiger partial charge in [-0.25, -0.2) is 0 Å². The fourth-order valence-electron chi connectivity index (χ4n) is 3.03. The zero-order valence-corrected chi connectivity index (χ0v) is 11.9. The smallest absolute Gasteiger partial charge is 0.0618 e. The van der Waals surface area contributed by atoms with Crippen LogP contribution in [0.2, 0.25) is 0 Å². The zero-order chi connectivity index (χ0) is 12.7. The Hall–Kier alpha value is -0.120. The van der Waals surface area contributed by atoms with E-state index in [0.717, 1.165) is 19.6 Å². The molecule has 0 aromatic heterocycles. The van der Waals surface area contributed by atoms with Gasteiger partial charge in [0.05, 0.1) is 6.61 Å². The summed E-state index contributed by atoms with van der Waals surface area (Å²) in [5.74, 6) is 0. The predicted octanol–water partition coefficient (Wildman–Crippen LogP) is 2.25. The lowest BCUT2D eigenvalue weighted by molar-refractivity contribution is 0.0893. The van der Waals surface area contributed by atoms with E-state index in [1.165, 1.54) is 38.8 Å². The molecule has 0 aromatic carbocycles. The highest BCUT2D eigenvalue weighted by atomic mass is 16.5. The summed E-state index contributed by atoms with van der Waals surface area (Å²) in [7, 11) is 1.80. The number of likely N-dealkylation sites (tertiary alicyclic amines) is 1. The van der Waals surface area contributed by atoms with Crippen molar-refractivity contribution in [2.45, 2.75) is 52.0 Å². The predicted molar refractivity (Wildman–Crippen MR) is 73.2 cm³/mol. The largest absolute Gasteiger partial charge is 0.383 e. The maximum atomic E-state index is 5.62. The summed E-state index contributed by atoms with van der Waals surface area (Å²) in [6, 6.07) is 0.573. The Morgan fingerprint density at radius 3 is 2.53 bits per heavy atom. The van der Waals surface area contributed by atoms with Gasteiger partial charge in [-0.3, -0.25) is 4.90 Å². The van der Waals surface area contributed by atoms with E-state index < -0.39 is 0 Å². The van der Waals surface area contributed by atoms with E-state index in [-0.39, 0.29) is 0 Å². The van der Waals surface area contributed by atoms with Crippen molar-refractivity contribution in [3.05, 3.63) is 0 Å². The lowest BCUT2D eigenvalue weighted by Gasteiger charge is -2.31. The van der Waals surface area contributed by atoms with Crippen molar-refractivity contribution < 1.29 is 4.74 Å². The first-order valence-corrected chi connectivity index (χ1v) is 7.14. The molecule has 3 heteroatoms. The van der Waals surface area contributed by atoms with Gasteiger partial charge in [0.15, 0.2) is 0 Å². The van der Waals surface area contributed by atoms with Gasteiger partial charge in [-0.05, 0) is 50.6 Å². The molecule has 0 spiro atoms. The molecular formula is C14H30N2O. The van der Waals surface area contributed by atoms with E-state index in [1.54, 1.807) is 7.11 Å². The molecule has 0 aromatic rings. The average molecular weight is 242 g/mol. The van der Waals surface area contributed by atoms with E-state index in [4.69, 9.17) is 10.5 Å². The highest BCUT2D eigenvalue weighted by Crippen LogP contribution is 2.38. The Balaban J connectivity index is 2.52. The van der Waals surface area contributed by atoms with Gasteiger partial charge in [0.25, 0.3) is 0 Å². The molecule has 1 atom stereocenters. The second kappa shape index (κ2) is 7.34. The molecule has 1 aliphatic rings. The molecule has 1 rings (SSSR count). The highest BCUT2D eigenvalue weighted by molar-refractivity contribution is 4.90. The standard InChI is InChI=1S/C14H30N2O/c1-4-14(5-2)8-10-16(12-14)13(11-17-3)7-6-9-15/h13H,4-12,15H2,1-3H3. The fraction of sp³-hybridized carbons (Fsp3) is 1.00. The quantitative estimate of drug-likeness (QED) is 0.709. The van der Waals surface area contributed by atoms with Crippen LogP contribution in [0, 0.1) is 5.41 Å². The zero-order valence-electron chi connectivity index (χ0n) is 11.9. The molecule has 0 bridgehead atoms. The number of hydrogen-bond acceptors (Lipinski definition) is 3. The van der Waals surface area contributed by atoms with Gasteiger partial charge in [0, 0.05) is 19.7 Å². The molecule has 0 amide bonds. The van der Waals surface area contributed by atoms with Crippen LogP contribution in [-0.2, 0) is 4.74 Å². The molecule has 1 unspecified atom stereocenters. The first-order valence-electron chi connectivity index (χ1n) is 7.14. The summed E-state index contributed by atoms with van der Waals surface area (Å²) in [6.45, 7) is 8.79. The van der Waals surface area contributed by atoms with Gasteiger partial charge in [-0.15, -0.1) is 0 Å². The fourth-order valence-corrected chi connectivity index (χ4v) is 3.03. The molecule has 0 radical (unpaired) electrons. The number of rotatable bonds is 8. The van der Waals surface area contributed by atoms with Crippen molar-refractivity contribution in [1.82, 2.24) is 4.90 Å². The van der Waals surface area contributed by atoms with Gasteiger partial charge >= 0.3 is 0 Å². The number of hydrogen-bond donors (Lipinski definition) is 1. The van der Waals surface area contributed by atoms with E-state index in [9.17, 15) is 0 Å². The van der Waals surface area contributed by atoms with Crippen molar-refractivity contribution in [3.63, 3.8) is 0 Å². The van der Waals surface area contributed by atoms with E-state index >= 15 is 0 Å².